The van der Waals surface area contributed by atoms with Gasteiger partial charge in [-0.05, 0) is 61.1 Å². The molecule has 0 fully saturated rings. The maximum Gasteiger partial charge on any atom is 0.258 e. The fourth-order valence-electron chi connectivity index (χ4n) is 4.10. The molecule has 176 valence electrons. The van der Waals surface area contributed by atoms with Gasteiger partial charge in [-0.25, -0.2) is 8.78 Å². The van der Waals surface area contributed by atoms with Crippen molar-refractivity contribution in [3.8, 4) is 17.1 Å². The van der Waals surface area contributed by atoms with E-state index in [1.165, 1.54) is 31.4 Å². The maximum atomic E-state index is 14.3. The van der Waals surface area contributed by atoms with Crippen LogP contribution in [0.1, 0.15) is 24.4 Å². The lowest BCUT2D eigenvalue weighted by Gasteiger charge is -2.37. The number of anilines is 1. The first-order chi connectivity index (χ1) is 17.0. The molecule has 4 aromatic rings. The molecule has 0 saturated heterocycles. The molecule has 0 saturated carbocycles. The van der Waals surface area contributed by atoms with Gasteiger partial charge in [0.1, 0.15) is 5.82 Å². The highest BCUT2D eigenvalue weighted by atomic mass is 32.1. The second-order valence-electron chi connectivity index (χ2n) is 7.88. The Morgan fingerprint density at radius 3 is 2.54 bits per heavy atom. The zero-order valence-electron chi connectivity index (χ0n) is 18.8. The van der Waals surface area contributed by atoms with Crippen molar-refractivity contribution >= 4 is 28.6 Å². The van der Waals surface area contributed by atoms with Crippen LogP contribution in [-0.2, 0) is 0 Å². The Labute approximate surface area is 205 Å². The van der Waals surface area contributed by atoms with Crippen LogP contribution in [0.3, 0.4) is 0 Å². The van der Waals surface area contributed by atoms with Gasteiger partial charge in [0.25, 0.3) is 5.89 Å². The Morgan fingerprint density at radius 1 is 1.03 bits per heavy atom. The number of nitrogens with zero attached hydrogens (tertiary/aromatic N) is 3. The molecule has 5 rings (SSSR count). The third-order valence-corrected chi connectivity index (χ3v) is 6.05. The van der Waals surface area contributed by atoms with E-state index in [2.05, 4.69) is 15.5 Å². The fourth-order valence-corrected chi connectivity index (χ4v) is 4.46. The molecule has 0 aliphatic carbocycles. The van der Waals surface area contributed by atoms with Gasteiger partial charge < -0.3 is 14.6 Å². The molecule has 6 nitrogen and oxygen atoms in total. The largest absolute Gasteiger partial charge is 0.494 e. The molecular weight excluding hydrogens is 470 g/mol. The van der Waals surface area contributed by atoms with E-state index in [4.69, 9.17) is 21.5 Å². The maximum absolute atomic E-state index is 14.3. The summed E-state index contributed by atoms with van der Waals surface area (Å²) in [5, 5.41) is 7.82. The Hall–Kier alpha value is -4.11. The summed E-state index contributed by atoms with van der Waals surface area (Å²) in [7, 11) is 1.40. The average molecular weight is 491 g/mol. The summed E-state index contributed by atoms with van der Waals surface area (Å²) in [6, 6.07) is 19.9. The number of ether oxygens (including phenoxy) is 1. The first-order valence-corrected chi connectivity index (χ1v) is 11.2. The van der Waals surface area contributed by atoms with Gasteiger partial charge in [0, 0.05) is 11.3 Å². The monoisotopic (exact) mass is 490 g/mol. The highest BCUT2D eigenvalue weighted by Gasteiger charge is 2.34. The molecule has 0 spiro atoms. The number of benzene rings is 3. The minimum absolute atomic E-state index is 0.121. The smallest absolute Gasteiger partial charge is 0.258 e. The molecule has 1 N–H and O–H groups in total. The number of methoxy groups -OCH3 is 1. The molecule has 0 bridgehead atoms. The standard InChI is InChI=1S/C26H20F2N4O2S/c1-15-22(25-30-24(31-34-25)17-11-12-21(33-2)20(28)13-17)23(16-7-4-3-5-8-16)29-26(35)32(15)19-10-6-9-18(27)14-19/h3-14,23H,1-2H3,(H,29,35). The van der Waals surface area contributed by atoms with Gasteiger partial charge in [-0.2, -0.15) is 4.98 Å². The van der Waals surface area contributed by atoms with Crippen LogP contribution < -0.4 is 15.0 Å². The van der Waals surface area contributed by atoms with Gasteiger partial charge in [0.05, 0.1) is 24.4 Å². The Kier molecular flexibility index (Phi) is 6.00. The van der Waals surface area contributed by atoms with Crippen molar-refractivity contribution in [1.82, 2.24) is 15.5 Å². The number of hydrogen-bond acceptors (Lipinski definition) is 5. The van der Waals surface area contributed by atoms with Crippen LogP contribution in [0.25, 0.3) is 17.0 Å². The number of allylic oxidation sites excluding steroid dienone is 1. The van der Waals surface area contributed by atoms with Crippen molar-refractivity contribution in [2.45, 2.75) is 13.0 Å². The van der Waals surface area contributed by atoms with Gasteiger partial charge in [0.15, 0.2) is 16.7 Å². The number of aromatic nitrogens is 2. The van der Waals surface area contributed by atoms with E-state index >= 15 is 0 Å². The summed E-state index contributed by atoms with van der Waals surface area (Å²) in [4.78, 5) is 6.30. The van der Waals surface area contributed by atoms with E-state index in [-0.39, 0.29) is 23.3 Å². The molecule has 1 aliphatic rings. The predicted octanol–water partition coefficient (Wildman–Crippen LogP) is 5.89. The molecule has 1 atom stereocenters. The summed E-state index contributed by atoms with van der Waals surface area (Å²) in [5.74, 6) is -0.337. The lowest BCUT2D eigenvalue weighted by molar-refractivity contribution is 0.386. The number of hydrogen-bond donors (Lipinski definition) is 1. The first-order valence-electron chi connectivity index (χ1n) is 10.8. The Morgan fingerprint density at radius 2 is 1.83 bits per heavy atom. The predicted molar refractivity (Wildman–Crippen MR) is 133 cm³/mol. The third kappa shape index (κ3) is 4.26. The first kappa shape index (κ1) is 22.7. The minimum Gasteiger partial charge on any atom is -0.494 e. The Bertz CT molecular complexity index is 1440. The number of rotatable bonds is 5. The van der Waals surface area contributed by atoms with Gasteiger partial charge in [0.2, 0.25) is 5.82 Å². The average Bonchev–Trinajstić information content (AvgIpc) is 3.34. The zero-order valence-corrected chi connectivity index (χ0v) is 19.6. The molecule has 1 unspecified atom stereocenters. The highest BCUT2D eigenvalue weighted by Crippen LogP contribution is 2.39. The molecule has 35 heavy (non-hydrogen) atoms. The van der Waals surface area contributed by atoms with Crippen molar-refractivity contribution in [2.75, 3.05) is 12.0 Å². The lowest BCUT2D eigenvalue weighted by Crippen LogP contribution is -2.46. The Balaban J connectivity index is 1.64. The van der Waals surface area contributed by atoms with Crippen LogP contribution in [0.5, 0.6) is 5.75 Å². The van der Waals surface area contributed by atoms with Gasteiger partial charge >= 0.3 is 0 Å². The summed E-state index contributed by atoms with van der Waals surface area (Å²) < 4.78 is 39.0. The zero-order chi connectivity index (χ0) is 24.5. The SMILES string of the molecule is COc1ccc(-c2noc(C3=C(C)N(c4cccc(F)c4)C(=S)NC3c3ccccc3)n2)cc1F. The number of nitrogens with one attached hydrogen (secondary N) is 1. The van der Waals surface area contributed by atoms with Crippen molar-refractivity contribution in [1.29, 1.82) is 0 Å². The molecular formula is C26H20F2N4O2S. The van der Waals surface area contributed by atoms with Crippen LogP contribution in [0, 0.1) is 11.6 Å². The highest BCUT2D eigenvalue weighted by molar-refractivity contribution is 7.80. The molecule has 9 heteroatoms. The normalized spacial score (nSPS) is 15.8. The second-order valence-corrected chi connectivity index (χ2v) is 8.27. The molecule has 0 amide bonds. The van der Waals surface area contributed by atoms with E-state index < -0.39 is 11.9 Å². The van der Waals surface area contributed by atoms with Crippen molar-refractivity contribution in [2.24, 2.45) is 0 Å². The molecule has 2 heterocycles. The molecule has 3 aromatic carbocycles. The van der Waals surface area contributed by atoms with Gasteiger partial charge in [-0.3, -0.25) is 4.90 Å². The van der Waals surface area contributed by atoms with Crippen molar-refractivity contribution in [3.05, 3.63) is 102 Å². The number of halogens is 2. The van der Waals surface area contributed by atoms with Crippen LogP contribution in [-0.4, -0.2) is 22.4 Å². The van der Waals surface area contributed by atoms with E-state index in [0.717, 1.165) is 5.56 Å². The summed E-state index contributed by atoms with van der Waals surface area (Å²) in [5.41, 5.74) is 3.29. The topological polar surface area (TPSA) is 63.4 Å². The van der Waals surface area contributed by atoms with Crippen LogP contribution >= 0.6 is 12.2 Å². The quantitative estimate of drug-likeness (QED) is 0.350. The van der Waals surface area contributed by atoms with E-state index in [0.29, 0.717) is 27.6 Å². The third-order valence-electron chi connectivity index (χ3n) is 5.75. The van der Waals surface area contributed by atoms with Crippen LogP contribution in [0.2, 0.25) is 0 Å². The summed E-state index contributed by atoms with van der Waals surface area (Å²) >= 11 is 5.67. The lowest BCUT2D eigenvalue weighted by atomic mass is 9.94. The molecule has 1 aromatic heterocycles. The second kappa shape index (κ2) is 9.27. The summed E-state index contributed by atoms with van der Waals surface area (Å²) in [6.07, 6.45) is 0. The summed E-state index contributed by atoms with van der Waals surface area (Å²) in [6.45, 7) is 1.86. The van der Waals surface area contributed by atoms with Crippen molar-refractivity contribution < 1.29 is 18.0 Å². The van der Waals surface area contributed by atoms with E-state index in [1.54, 1.807) is 23.1 Å². The van der Waals surface area contributed by atoms with Gasteiger partial charge in [-0.15, -0.1) is 0 Å². The number of thiocarbonyl (C=S) groups is 1. The fraction of sp³-hybridized carbons (Fsp3) is 0.115. The molecule has 1 aliphatic heterocycles. The van der Waals surface area contributed by atoms with Crippen LogP contribution in [0.4, 0.5) is 14.5 Å². The van der Waals surface area contributed by atoms with Gasteiger partial charge in [-0.1, -0.05) is 41.6 Å². The molecule has 0 radical (unpaired) electrons. The van der Waals surface area contributed by atoms with Crippen molar-refractivity contribution in [3.63, 3.8) is 0 Å². The minimum atomic E-state index is -0.532. The van der Waals surface area contributed by atoms with Crippen LogP contribution in [0.15, 0.2) is 83.0 Å². The van der Waals surface area contributed by atoms with E-state index in [1.807, 2.05) is 37.3 Å². The van der Waals surface area contributed by atoms with E-state index in [9.17, 15) is 8.78 Å².